The van der Waals surface area contributed by atoms with Crippen molar-refractivity contribution in [2.75, 3.05) is 11.4 Å². The van der Waals surface area contributed by atoms with Crippen LogP contribution in [0.4, 0.5) is 5.69 Å². The maximum Gasteiger partial charge on any atom is 0.494 e. The van der Waals surface area contributed by atoms with Gasteiger partial charge in [-0.05, 0) is 76.9 Å². The number of aryl methyl sites for hydroxylation is 1. The highest BCUT2D eigenvalue weighted by molar-refractivity contribution is 6.62. The highest BCUT2D eigenvalue weighted by atomic mass is 16.7. The third kappa shape index (κ3) is 3.02. The Morgan fingerprint density at radius 2 is 1.80 bits per heavy atom. The summed E-state index contributed by atoms with van der Waals surface area (Å²) in [6.45, 7) is 9.15. The minimum absolute atomic E-state index is 0.258. The largest absolute Gasteiger partial charge is 0.494 e. The standard InChI is InChI=1S/C20H28BNO3/c1-19(2)20(3,4)25-21(24-19)16-10-11-17-15(13-16)7-5-6-12-22(17)18(23)14-8-9-14/h10-11,13-14H,5-9,12H2,1-4H3. The highest BCUT2D eigenvalue weighted by Gasteiger charge is 2.51. The van der Waals surface area contributed by atoms with Gasteiger partial charge < -0.3 is 14.2 Å². The molecule has 1 saturated carbocycles. The van der Waals surface area contributed by atoms with Gasteiger partial charge in [0, 0.05) is 18.2 Å². The molecule has 3 aliphatic rings. The fraction of sp³-hybridized carbons (Fsp3) is 0.650. The molecule has 1 saturated heterocycles. The molecule has 1 aliphatic carbocycles. The van der Waals surface area contributed by atoms with E-state index in [9.17, 15) is 4.79 Å². The van der Waals surface area contributed by atoms with Crippen LogP contribution >= 0.6 is 0 Å². The van der Waals surface area contributed by atoms with Gasteiger partial charge in [-0.3, -0.25) is 4.79 Å². The van der Waals surface area contributed by atoms with E-state index in [1.54, 1.807) is 0 Å². The third-order valence-corrected chi connectivity index (χ3v) is 6.19. The fourth-order valence-electron chi connectivity index (χ4n) is 3.68. The first-order chi connectivity index (χ1) is 11.8. The van der Waals surface area contributed by atoms with Crippen LogP contribution in [-0.4, -0.2) is 30.8 Å². The van der Waals surface area contributed by atoms with Crippen LogP contribution in [0.3, 0.4) is 0 Å². The predicted molar refractivity (Wildman–Crippen MR) is 100 cm³/mol. The molecule has 0 bridgehead atoms. The van der Waals surface area contributed by atoms with Crippen molar-refractivity contribution in [2.45, 2.75) is 71.0 Å². The van der Waals surface area contributed by atoms with Crippen molar-refractivity contribution >= 4 is 24.2 Å². The van der Waals surface area contributed by atoms with Gasteiger partial charge in [-0.25, -0.2) is 0 Å². The van der Waals surface area contributed by atoms with Gasteiger partial charge in [0.2, 0.25) is 5.91 Å². The van der Waals surface area contributed by atoms with Gasteiger partial charge in [0.1, 0.15) is 0 Å². The number of amides is 1. The van der Waals surface area contributed by atoms with Crippen LogP contribution in [0.25, 0.3) is 0 Å². The summed E-state index contributed by atoms with van der Waals surface area (Å²) >= 11 is 0. The average Bonchev–Trinajstić information content (AvgIpc) is 3.36. The summed E-state index contributed by atoms with van der Waals surface area (Å²) < 4.78 is 12.4. The topological polar surface area (TPSA) is 38.8 Å². The first-order valence-corrected chi connectivity index (χ1v) is 9.58. The van der Waals surface area contributed by atoms with E-state index >= 15 is 0 Å². The molecule has 4 nitrogen and oxygen atoms in total. The first-order valence-electron chi connectivity index (χ1n) is 9.58. The van der Waals surface area contributed by atoms with Crippen molar-refractivity contribution in [3.63, 3.8) is 0 Å². The molecule has 1 amide bonds. The number of fused-ring (bicyclic) bond motifs is 1. The summed E-state index contributed by atoms with van der Waals surface area (Å²) in [5, 5.41) is 0. The van der Waals surface area contributed by atoms with E-state index in [1.807, 2.05) is 4.90 Å². The van der Waals surface area contributed by atoms with Crippen LogP contribution in [0.1, 0.15) is 58.9 Å². The van der Waals surface area contributed by atoms with Gasteiger partial charge in [-0.2, -0.15) is 0 Å². The SMILES string of the molecule is CC1(C)OB(c2ccc3c(c2)CCCCN3C(=O)C2CC2)OC1(C)C. The molecule has 2 fully saturated rings. The lowest BCUT2D eigenvalue weighted by molar-refractivity contribution is -0.119. The zero-order valence-corrected chi connectivity index (χ0v) is 15.8. The minimum Gasteiger partial charge on any atom is -0.399 e. The van der Waals surface area contributed by atoms with Crippen molar-refractivity contribution in [1.82, 2.24) is 0 Å². The molecule has 1 aromatic carbocycles. The molecule has 2 aliphatic heterocycles. The Hall–Kier alpha value is -1.33. The van der Waals surface area contributed by atoms with E-state index in [2.05, 4.69) is 45.9 Å². The Morgan fingerprint density at radius 3 is 2.44 bits per heavy atom. The third-order valence-electron chi connectivity index (χ3n) is 6.19. The number of hydrogen-bond acceptors (Lipinski definition) is 3. The maximum absolute atomic E-state index is 12.7. The molecule has 1 aromatic rings. The molecule has 134 valence electrons. The van der Waals surface area contributed by atoms with E-state index in [0.29, 0.717) is 5.91 Å². The normalized spacial score (nSPS) is 24.8. The molecule has 25 heavy (non-hydrogen) atoms. The van der Waals surface area contributed by atoms with E-state index in [-0.39, 0.29) is 24.2 Å². The molecule has 0 N–H and O–H groups in total. The van der Waals surface area contributed by atoms with Crippen molar-refractivity contribution in [3.05, 3.63) is 23.8 Å². The number of hydrogen-bond donors (Lipinski definition) is 0. The second-order valence-corrected chi connectivity index (χ2v) is 8.70. The van der Waals surface area contributed by atoms with Crippen molar-refractivity contribution < 1.29 is 14.1 Å². The second-order valence-electron chi connectivity index (χ2n) is 8.70. The van der Waals surface area contributed by atoms with Crippen LogP contribution in [-0.2, 0) is 20.5 Å². The van der Waals surface area contributed by atoms with Crippen LogP contribution in [0.5, 0.6) is 0 Å². The molecule has 5 heteroatoms. The lowest BCUT2D eigenvalue weighted by Crippen LogP contribution is -2.41. The molecular formula is C20H28BNO3. The number of carbonyl (C=O) groups is 1. The van der Waals surface area contributed by atoms with Gasteiger partial charge in [0.25, 0.3) is 0 Å². The molecule has 0 unspecified atom stereocenters. The molecule has 0 spiro atoms. The summed E-state index contributed by atoms with van der Waals surface area (Å²) in [5.41, 5.74) is 2.73. The summed E-state index contributed by atoms with van der Waals surface area (Å²) in [5.74, 6) is 0.570. The molecule has 4 rings (SSSR count). The zero-order valence-electron chi connectivity index (χ0n) is 15.8. The van der Waals surface area contributed by atoms with E-state index < -0.39 is 0 Å². The van der Waals surface area contributed by atoms with Crippen LogP contribution < -0.4 is 10.4 Å². The van der Waals surface area contributed by atoms with E-state index in [1.165, 1.54) is 5.56 Å². The smallest absolute Gasteiger partial charge is 0.399 e. The summed E-state index contributed by atoms with van der Waals surface area (Å²) in [6.07, 6.45) is 5.30. The van der Waals surface area contributed by atoms with Crippen LogP contribution in [0, 0.1) is 5.92 Å². The summed E-state index contributed by atoms with van der Waals surface area (Å²) in [4.78, 5) is 14.7. The predicted octanol–water partition coefficient (Wildman–Crippen LogP) is 3.07. The Balaban J connectivity index is 1.63. The van der Waals surface area contributed by atoms with Crippen molar-refractivity contribution in [3.8, 4) is 0 Å². The second kappa shape index (κ2) is 5.85. The van der Waals surface area contributed by atoms with E-state index in [0.717, 1.165) is 49.8 Å². The first kappa shape index (κ1) is 17.1. The monoisotopic (exact) mass is 341 g/mol. The quantitative estimate of drug-likeness (QED) is 0.776. The van der Waals surface area contributed by atoms with Gasteiger partial charge in [0.15, 0.2) is 0 Å². The number of rotatable bonds is 2. The number of benzene rings is 1. The molecular weight excluding hydrogens is 313 g/mol. The summed E-state index contributed by atoms with van der Waals surface area (Å²) in [6, 6.07) is 6.36. The molecule has 0 aromatic heterocycles. The molecule has 0 atom stereocenters. The lowest BCUT2D eigenvalue weighted by Gasteiger charge is -2.32. The van der Waals surface area contributed by atoms with Crippen molar-refractivity contribution in [2.24, 2.45) is 5.92 Å². The number of carbonyl (C=O) groups excluding carboxylic acids is 1. The Morgan fingerprint density at radius 1 is 1.12 bits per heavy atom. The zero-order chi connectivity index (χ0) is 17.8. The lowest BCUT2D eigenvalue weighted by atomic mass is 9.78. The van der Waals surface area contributed by atoms with Crippen molar-refractivity contribution in [1.29, 1.82) is 0 Å². The van der Waals surface area contributed by atoms with Crippen LogP contribution in [0.15, 0.2) is 18.2 Å². The Labute approximate surface area is 151 Å². The van der Waals surface area contributed by atoms with Gasteiger partial charge in [-0.15, -0.1) is 0 Å². The van der Waals surface area contributed by atoms with Gasteiger partial charge in [0.05, 0.1) is 11.2 Å². The minimum atomic E-state index is -0.342. The molecule has 2 heterocycles. The Bertz CT molecular complexity index is 680. The highest BCUT2D eigenvalue weighted by Crippen LogP contribution is 2.38. The maximum atomic E-state index is 12.7. The van der Waals surface area contributed by atoms with Crippen LogP contribution in [0.2, 0.25) is 0 Å². The van der Waals surface area contributed by atoms with E-state index in [4.69, 9.17) is 9.31 Å². The number of nitrogens with zero attached hydrogens (tertiary/aromatic N) is 1. The summed E-state index contributed by atoms with van der Waals surface area (Å²) in [7, 11) is -0.342. The van der Waals surface area contributed by atoms with Gasteiger partial charge in [-0.1, -0.05) is 12.1 Å². The number of anilines is 1. The fourth-order valence-corrected chi connectivity index (χ4v) is 3.68. The average molecular weight is 341 g/mol. The van der Waals surface area contributed by atoms with Gasteiger partial charge >= 0.3 is 7.12 Å². The Kier molecular flexibility index (Phi) is 4.00. The molecule has 0 radical (unpaired) electrons.